The van der Waals surface area contributed by atoms with E-state index in [-0.39, 0.29) is 42.6 Å². The Hall–Kier alpha value is -2.27. The van der Waals surface area contributed by atoms with Crippen LogP contribution in [0.2, 0.25) is 10.2 Å². The van der Waals surface area contributed by atoms with Crippen LogP contribution in [0.1, 0.15) is 63.0 Å². The third-order valence-electron chi connectivity index (χ3n) is 10.1. The quantitative estimate of drug-likeness (QED) is 0.375. The molecule has 11 heteroatoms. The zero-order valence-corrected chi connectivity index (χ0v) is 25.6. The van der Waals surface area contributed by atoms with E-state index in [1.54, 1.807) is 25.4 Å². The fraction of sp³-hybridized carbons (Fsp3) is 0.581. The second-order valence-corrected chi connectivity index (χ2v) is 13.8. The Balaban J connectivity index is 1.47. The summed E-state index contributed by atoms with van der Waals surface area (Å²) in [5.41, 5.74) is 0.578. The van der Waals surface area contributed by atoms with Crippen molar-refractivity contribution in [3.63, 3.8) is 0 Å². The Kier molecular flexibility index (Phi) is 7.82. The van der Waals surface area contributed by atoms with Gasteiger partial charge in [-0.25, -0.2) is 4.98 Å². The van der Waals surface area contributed by atoms with E-state index in [1.165, 1.54) is 0 Å². The van der Waals surface area contributed by atoms with Gasteiger partial charge in [-0.05, 0) is 72.9 Å². The van der Waals surface area contributed by atoms with E-state index in [0.717, 1.165) is 24.0 Å². The molecule has 226 valence electrons. The molecule has 1 aromatic heterocycles. The molecule has 3 fully saturated rings. The maximum atomic E-state index is 14.5. The highest BCUT2D eigenvalue weighted by Crippen LogP contribution is 2.63. The largest absolute Gasteiger partial charge is 0.394 e. The summed E-state index contributed by atoms with van der Waals surface area (Å²) in [5.74, 6) is -0.962. The molecule has 1 aliphatic carbocycles. The fourth-order valence-electron chi connectivity index (χ4n) is 7.95. The van der Waals surface area contributed by atoms with Crippen LogP contribution in [0.3, 0.4) is 0 Å². The van der Waals surface area contributed by atoms with Crippen molar-refractivity contribution in [3.8, 4) is 0 Å². The van der Waals surface area contributed by atoms with Crippen molar-refractivity contribution in [1.29, 1.82) is 0 Å². The first-order valence-electron chi connectivity index (χ1n) is 14.6. The summed E-state index contributed by atoms with van der Waals surface area (Å²) in [5, 5.41) is 20.6. The lowest BCUT2D eigenvalue weighted by atomic mass is 9.53. The number of aliphatic hydroxyl groups excluding tert-OH is 1. The van der Waals surface area contributed by atoms with E-state index in [4.69, 9.17) is 32.7 Å². The zero-order chi connectivity index (χ0) is 29.9. The number of fused-ring (bicyclic) bond motifs is 3. The number of nitrogens with one attached hydrogen (secondary N) is 3. The summed E-state index contributed by atoms with van der Waals surface area (Å²) in [6.07, 6.45) is 4.54. The monoisotopic (exact) mass is 616 g/mol. The molecule has 3 aliphatic heterocycles. The number of benzene rings is 1. The number of anilines is 1. The van der Waals surface area contributed by atoms with Gasteiger partial charge in [0, 0.05) is 35.5 Å². The lowest BCUT2D eigenvalue weighted by molar-refractivity contribution is -0.134. The van der Waals surface area contributed by atoms with Crippen LogP contribution in [-0.4, -0.2) is 72.1 Å². The highest BCUT2D eigenvalue weighted by atomic mass is 35.5. The molecule has 9 nitrogen and oxygen atoms in total. The van der Waals surface area contributed by atoms with Crippen molar-refractivity contribution in [3.05, 3.63) is 57.8 Å². The number of carbonyl (C=O) groups excluding carboxylic acids is 2. The number of nitrogens with zero attached hydrogens (tertiary/aromatic N) is 1. The zero-order valence-electron chi connectivity index (χ0n) is 24.1. The van der Waals surface area contributed by atoms with E-state index in [2.05, 4.69) is 34.8 Å². The standard InChI is InChI=1S/C31H38Cl2N4O5/c1-29(2)7-9-30(10-8-29)31(20-5-4-18(32)13-21(20)36-28(31)40)25(17-6-11-34-24(33)12-17)26(37-30)27(39)35-19-14-22(41-3)23(15-38)42-16-19/h4-6,11-13,19,22-23,25-26,37-38H,7-10,14-16H2,1-3H3,(H,35,39)(H,36,40)/t19-,22+,23-,25+,26-,31-/m1/s1. The second kappa shape index (κ2) is 11.0. The van der Waals surface area contributed by atoms with Gasteiger partial charge in [0.2, 0.25) is 11.8 Å². The number of hydrogen-bond acceptors (Lipinski definition) is 7. The van der Waals surface area contributed by atoms with Gasteiger partial charge in [-0.2, -0.15) is 0 Å². The van der Waals surface area contributed by atoms with Gasteiger partial charge in [-0.1, -0.05) is 43.1 Å². The lowest BCUT2D eigenvalue weighted by Gasteiger charge is -2.50. The predicted molar refractivity (Wildman–Crippen MR) is 160 cm³/mol. The first kappa shape index (κ1) is 29.8. The molecule has 4 aliphatic rings. The molecule has 4 N–H and O–H groups in total. The number of methoxy groups -OCH3 is 1. The Morgan fingerprint density at radius 1 is 1.19 bits per heavy atom. The minimum absolute atomic E-state index is 0.111. The number of hydrogen-bond donors (Lipinski definition) is 4. The first-order chi connectivity index (χ1) is 20.0. The Morgan fingerprint density at radius 3 is 2.64 bits per heavy atom. The third kappa shape index (κ3) is 4.73. The summed E-state index contributed by atoms with van der Waals surface area (Å²) in [7, 11) is 1.57. The van der Waals surface area contributed by atoms with Gasteiger partial charge >= 0.3 is 0 Å². The van der Waals surface area contributed by atoms with Gasteiger partial charge < -0.3 is 25.2 Å². The number of carbonyl (C=O) groups is 2. The maximum absolute atomic E-state index is 14.5. The van der Waals surface area contributed by atoms with Crippen molar-refractivity contribution >= 4 is 40.7 Å². The normalized spacial score (nSPS) is 33.0. The van der Waals surface area contributed by atoms with Crippen LogP contribution in [0.5, 0.6) is 0 Å². The van der Waals surface area contributed by atoms with Gasteiger partial charge in [0.15, 0.2) is 0 Å². The number of aromatic nitrogens is 1. The number of rotatable bonds is 5. The molecular weight excluding hydrogens is 579 g/mol. The molecule has 1 saturated carbocycles. The summed E-state index contributed by atoms with van der Waals surface area (Å²) in [4.78, 5) is 33.1. The maximum Gasteiger partial charge on any atom is 0.238 e. The van der Waals surface area contributed by atoms with Gasteiger partial charge in [0.25, 0.3) is 0 Å². The molecule has 0 radical (unpaired) electrons. The van der Waals surface area contributed by atoms with E-state index in [0.29, 0.717) is 35.1 Å². The highest BCUT2D eigenvalue weighted by molar-refractivity contribution is 6.31. The molecule has 2 aromatic rings. The molecule has 1 aromatic carbocycles. The third-order valence-corrected chi connectivity index (χ3v) is 10.6. The molecule has 0 bridgehead atoms. The van der Waals surface area contributed by atoms with Crippen molar-refractivity contribution in [2.45, 2.75) is 87.1 Å². The smallest absolute Gasteiger partial charge is 0.238 e. The molecule has 0 unspecified atom stereocenters. The highest BCUT2D eigenvalue weighted by Gasteiger charge is 2.72. The first-order valence-corrected chi connectivity index (χ1v) is 15.4. The van der Waals surface area contributed by atoms with Crippen molar-refractivity contribution in [1.82, 2.24) is 15.6 Å². The molecular formula is C31H38Cl2N4O5. The van der Waals surface area contributed by atoms with Crippen LogP contribution in [0, 0.1) is 5.41 Å². The van der Waals surface area contributed by atoms with Crippen molar-refractivity contribution < 1.29 is 24.2 Å². The van der Waals surface area contributed by atoms with Gasteiger partial charge in [0.05, 0.1) is 31.4 Å². The number of aliphatic hydroxyl groups is 1. The van der Waals surface area contributed by atoms with Crippen LogP contribution in [-0.2, 0) is 24.5 Å². The van der Waals surface area contributed by atoms with E-state index in [1.807, 2.05) is 18.2 Å². The average molecular weight is 618 g/mol. The predicted octanol–water partition coefficient (Wildman–Crippen LogP) is 3.95. The van der Waals surface area contributed by atoms with Crippen molar-refractivity contribution in [2.75, 3.05) is 25.6 Å². The van der Waals surface area contributed by atoms with Crippen LogP contribution in [0.15, 0.2) is 36.5 Å². The number of halogens is 2. The van der Waals surface area contributed by atoms with Gasteiger partial charge in [-0.3, -0.25) is 14.9 Å². The van der Waals surface area contributed by atoms with E-state index in [9.17, 15) is 14.7 Å². The fourth-order valence-corrected chi connectivity index (χ4v) is 8.31. The van der Waals surface area contributed by atoms with Crippen LogP contribution < -0.4 is 16.0 Å². The number of ether oxygens (including phenoxy) is 2. The molecule has 6 rings (SSSR count). The van der Waals surface area contributed by atoms with Gasteiger partial charge in [0.1, 0.15) is 16.7 Å². The molecule has 2 saturated heterocycles. The van der Waals surface area contributed by atoms with Crippen molar-refractivity contribution in [2.24, 2.45) is 5.41 Å². The minimum Gasteiger partial charge on any atom is -0.394 e. The summed E-state index contributed by atoms with van der Waals surface area (Å²) in [6.45, 7) is 4.60. The molecule has 42 heavy (non-hydrogen) atoms. The molecule has 4 heterocycles. The van der Waals surface area contributed by atoms with Crippen LogP contribution >= 0.6 is 23.2 Å². The summed E-state index contributed by atoms with van der Waals surface area (Å²) < 4.78 is 11.4. The Bertz CT molecular complexity index is 1380. The molecule has 2 amide bonds. The summed E-state index contributed by atoms with van der Waals surface area (Å²) >= 11 is 12.8. The van der Waals surface area contributed by atoms with E-state index >= 15 is 0 Å². The molecule has 6 atom stereocenters. The second-order valence-electron chi connectivity index (χ2n) is 13.0. The molecule has 2 spiro atoms. The topological polar surface area (TPSA) is 122 Å². The minimum atomic E-state index is -1.10. The van der Waals surface area contributed by atoms with Crippen LogP contribution in [0.4, 0.5) is 5.69 Å². The number of amides is 2. The van der Waals surface area contributed by atoms with Crippen LogP contribution in [0.25, 0.3) is 0 Å². The summed E-state index contributed by atoms with van der Waals surface area (Å²) in [6, 6.07) is 8.07. The van der Waals surface area contributed by atoms with Gasteiger partial charge in [-0.15, -0.1) is 0 Å². The Labute approximate surface area is 256 Å². The average Bonchev–Trinajstić information content (AvgIpc) is 3.42. The number of pyridine rings is 1. The van der Waals surface area contributed by atoms with E-state index < -0.39 is 29.0 Å². The lowest BCUT2D eigenvalue weighted by Crippen LogP contribution is -2.61. The Morgan fingerprint density at radius 2 is 1.95 bits per heavy atom. The SMILES string of the molecule is CO[C@H]1C[C@@H](NC(=O)[C@@H]2NC3(CCC(C)(C)CC3)[C@@]3(C(=O)Nc4cc(Cl)ccc43)[C@H]2c2ccnc(Cl)c2)CO[C@@H]1CO.